The Morgan fingerprint density at radius 1 is 1.70 bits per heavy atom. The van der Waals surface area contributed by atoms with Crippen molar-refractivity contribution >= 4 is 22.6 Å². The van der Waals surface area contributed by atoms with E-state index >= 15 is 0 Å². The second-order valence-corrected chi connectivity index (χ2v) is 2.61. The predicted molar refractivity (Wildman–Crippen MR) is 51.8 cm³/mol. The third-order valence-corrected chi connectivity index (χ3v) is 2.08. The molecule has 0 aliphatic carbocycles. The van der Waals surface area contributed by atoms with Crippen molar-refractivity contribution < 1.29 is 0 Å². The zero-order valence-corrected chi connectivity index (χ0v) is 8.34. The molecule has 0 heterocycles. The van der Waals surface area contributed by atoms with Gasteiger partial charge in [0.2, 0.25) is 0 Å². The van der Waals surface area contributed by atoms with Gasteiger partial charge in [0, 0.05) is 5.57 Å². The lowest BCUT2D eigenvalue weighted by Crippen LogP contribution is -1.75. The van der Waals surface area contributed by atoms with Gasteiger partial charge in [0.05, 0.1) is 6.07 Å². The molecule has 0 atom stereocenters. The molecule has 2 heteroatoms. The van der Waals surface area contributed by atoms with Gasteiger partial charge in [0.15, 0.2) is 0 Å². The second-order valence-electron chi connectivity index (χ2n) is 1.99. The summed E-state index contributed by atoms with van der Waals surface area (Å²) >= 11 is 2.16. The van der Waals surface area contributed by atoms with E-state index in [4.69, 9.17) is 5.26 Å². The second kappa shape index (κ2) is 5.48. The Kier molecular flexibility index (Phi) is 5.32. The topological polar surface area (TPSA) is 23.8 Å². The van der Waals surface area contributed by atoms with Crippen LogP contribution in [0.3, 0.4) is 0 Å². The quantitative estimate of drug-likeness (QED) is 0.417. The molecule has 10 heavy (non-hydrogen) atoms. The predicted octanol–water partition coefficient (Wildman–Crippen LogP) is 3.19. The van der Waals surface area contributed by atoms with Crippen molar-refractivity contribution in [1.29, 1.82) is 5.26 Å². The molecule has 0 spiro atoms. The molecule has 0 rings (SSSR count). The van der Waals surface area contributed by atoms with E-state index < -0.39 is 0 Å². The highest BCUT2D eigenvalue weighted by Gasteiger charge is 1.89. The molecular weight excluding hydrogens is 237 g/mol. The van der Waals surface area contributed by atoms with Gasteiger partial charge in [-0.2, -0.15) is 5.26 Å². The number of hydrogen-bond donors (Lipinski definition) is 0. The normalized spacial score (nSPS) is 13.0. The van der Waals surface area contributed by atoms with Gasteiger partial charge in [-0.25, -0.2) is 0 Å². The summed E-state index contributed by atoms with van der Waals surface area (Å²) in [4.78, 5) is 0. The van der Waals surface area contributed by atoms with Gasteiger partial charge in [-0.1, -0.05) is 29.5 Å². The van der Waals surface area contributed by atoms with Crippen LogP contribution in [0.1, 0.15) is 20.3 Å². The van der Waals surface area contributed by atoms with Crippen LogP contribution in [0.15, 0.2) is 21.3 Å². The fraction of sp³-hybridized carbons (Fsp3) is 0.375. The standard InChI is InChI=1S/C8H10IN/c1-3-8(6-10)4-7(2)5-9/h4-5H,3H2,1-2H3/b7-5+,8-4+. The van der Waals surface area contributed by atoms with Gasteiger partial charge < -0.3 is 0 Å². The van der Waals surface area contributed by atoms with Gasteiger partial charge in [-0.15, -0.1) is 0 Å². The van der Waals surface area contributed by atoms with Crippen LogP contribution in [0.2, 0.25) is 0 Å². The SMILES string of the molecule is CC/C(C#N)=C\C(C)=C\I. The van der Waals surface area contributed by atoms with Gasteiger partial charge in [0.25, 0.3) is 0 Å². The van der Waals surface area contributed by atoms with Gasteiger partial charge in [-0.05, 0) is 29.1 Å². The van der Waals surface area contributed by atoms with E-state index in [-0.39, 0.29) is 0 Å². The van der Waals surface area contributed by atoms with Crippen LogP contribution < -0.4 is 0 Å². The van der Waals surface area contributed by atoms with E-state index in [2.05, 4.69) is 28.7 Å². The third-order valence-electron chi connectivity index (χ3n) is 1.10. The average molecular weight is 247 g/mol. The molecule has 0 radical (unpaired) electrons. The summed E-state index contributed by atoms with van der Waals surface area (Å²) in [7, 11) is 0. The summed E-state index contributed by atoms with van der Waals surface area (Å²) in [6.45, 7) is 3.97. The summed E-state index contributed by atoms with van der Waals surface area (Å²) in [5.74, 6) is 0. The van der Waals surface area contributed by atoms with Crippen LogP contribution in [0.25, 0.3) is 0 Å². The maximum Gasteiger partial charge on any atom is 0.0947 e. The van der Waals surface area contributed by atoms with Crippen LogP contribution in [0, 0.1) is 11.3 Å². The number of halogens is 1. The minimum atomic E-state index is 0.818. The Bertz CT molecular complexity index is 196. The first-order valence-corrected chi connectivity index (χ1v) is 4.36. The molecule has 0 aromatic rings. The van der Waals surface area contributed by atoms with E-state index in [1.54, 1.807) is 0 Å². The van der Waals surface area contributed by atoms with Crippen molar-refractivity contribution in [2.45, 2.75) is 20.3 Å². The van der Waals surface area contributed by atoms with Crippen LogP contribution in [-0.2, 0) is 0 Å². The molecule has 0 aromatic carbocycles. The molecule has 0 saturated heterocycles. The van der Waals surface area contributed by atoms with Gasteiger partial charge in [-0.3, -0.25) is 0 Å². The number of nitrogens with zero attached hydrogens (tertiary/aromatic N) is 1. The lowest BCUT2D eigenvalue weighted by molar-refractivity contribution is 1.15. The van der Waals surface area contributed by atoms with Crippen molar-refractivity contribution in [1.82, 2.24) is 0 Å². The smallest absolute Gasteiger partial charge is 0.0947 e. The Morgan fingerprint density at radius 3 is 2.60 bits per heavy atom. The lowest BCUT2D eigenvalue weighted by atomic mass is 10.1. The first kappa shape index (κ1) is 9.70. The molecule has 0 aromatic heterocycles. The molecule has 0 unspecified atom stereocenters. The number of hydrogen-bond acceptors (Lipinski definition) is 1. The number of allylic oxidation sites excluding steroid dienone is 3. The minimum absolute atomic E-state index is 0.818. The highest BCUT2D eigenvalue weighted by atomic mass is 127. The molecule has 0 fully saturated rings. The zero-order valence-electron chi connectivity index (χ0n) is 6.19. The Labute approximate surface area is 75.6 Å². The van der Waals surface area contributed by atoms with E-state index in [0.717, 1.165) is 17.6 Å². The summed E-state index contributed by atoms with van der Waals surface area (Å²) in [6, 6.07) is 2.13. The molecule has 0 bridgehead atoms. The summed E-state index contributed by atoms with van der Waals surface area (Å²) in [5, 5.41) is 8.52. The lowest BCUT2D eigenvalue weighted by Gasteiger charge is -1.90. The van der Waals surface area contributed by atoms with Crippen molar-refractivity contribution in [3.05, 3.63) is 21.3 Å². The van der Waals surface area contributed by atoms with Gasteiger partial charge in [0.1, 0.15) is 0 Å². The first-order chi connectivity index (χ1) is 4.74. The van der Waals surface area contributed by atoms with Crippen LogP contribution in [-0.4, -0.2) is 0 Å². The van der Waals surface area contributed by atoms with Crippen molar-refractivity contribution in [2.75, 3.05) is 0 Å². The van der Waals surface area contributed by atoms with Crippen molar-refractivity contribution in [3.63, 3.8) is 0 Å². The van der Waals surface area contributed by atoms with Gasteiger partial charge >= 0.3 is 0 Å². The zero-order chi connectivity index (χ0) is 7.98. The fourth-order valence-electron chi connectivity index (χ4n) is 0.520. The third kappa shape index (κ3) is 3.67. The summed E-state index contributed by atoms with van der Waals surface area (Å²) in [5.41, 5.74) is 1.98. The van der Waals surface area contributed by atoms with Crippen LogP contribution in [0.5, 0.6) is 0 Å². The number of rotatable bonds is 2. The average Bonchev–Trinajstić information content (AvgIpc) is 1.99. The molecule has 0 saturated carbocycles. The summed E-state index contributed by atoms with van der Waals surface area (Å²) in [6.07, 6.45) is 2.73. The maximum absolute atomic E-state index is 8.52. The largest absolute Gasteiger partial charge is 0.193 e. The first-order valence-electron chi connectivity index (χ1n) is 3.12. The Morgan fingerprint density at radius 2 is 2.30 bits per heavy atom. The molecular formula is C8H10IN. The summed E-state index contributed by atoms with van der Waals surface area (Å²) < 4.78 is 1.96. The molecule has 0 aliphatic rings. The van der Waals surface area contributed by atoms with E-state index in [1.165, 1.54) is 0 Å². The highest BCUT2D eigenvalue weighted by Crippen LogP contribution is 2.06. The Hall–Kier alpha value is -0.300. The molecule has 0 N–H and O–H groups in total. The van der Waals surface area contributed by atoms with E-state index in [1.807, 2.05) is 24.0 Å². The maximum atomic E-state index is 8.52. The van der Waals surface area contributed by atoms with E-state index in [0.29, 0.717) is 0 Å². The molecule has 0 amide bonds. The molecule has 1 nitrogen and oxygen atoms in total. The van der Waals surface area contributed by atoms with E-state index in [9.17, 15) is 0 Å². The highest BCUT2D eigenvalue weighted by molar-refractivity contribution is 14.1. The van der Waals surface area contributed by atoms with Crippen molar-refractivity contribution in [3.8, 4) is 6.07 Å². The molecule has 0 aliphatic heterocycles. The monoisotopic (exact) mass is 247 g/mol. The Balaban J connectivity index is 4.29. The van der Waals surface area contributed by atoms with Crippen LogP contribution >= 0.6 is 22.6 Å². The molecule has 54 valence electrons. The van der Waals surface area contributed by atoms with Crippen LogP contribution in [0.4, 0.5) is 0 Å². The fourth-order valence-corrected chi connectivity index (χ4v) is 0.700. The number of nitriles is 1. The minimum Gasteiger partial charge on any atom is -0.193 e. The van der Waals surface area contributed by atoms with Crippen molar-refractivity contribution in [2.24, 2.45) is 0 Å².